The Labute approximate surface area is 97.2 Å². The molecular weight excluding hydrogens is 228 g/mol. The Morgan fingerprint density at radius 1 is 1.25 bits per heavy atom. The molecule has 1 atom stereocenters. The van der Waals surface area contributed by atoms with Crippen LogP contribution in [0.1, 0.15) is 6.92 Å². The first-order chi connectivity index (χ1) is 7.39. The van der Waals surface area contributed by atoms with E-state index in [1.807, 2.05) is 11.8 Å². The van der Waals surface area contributed by atoms with E-state index in [2.05, 4.69) is 6.07 Å². The van der Waals surface area contributed by atoms with E-state index in [4.69, 9.17) is 5.26 Å². The summed E-state index contributed by atoms with van der Waals surface area (Å²) in [6.45, 7) is 3.96. The average Bonchev–Trinajstić information content (AvgIpc) is 2.28. The first kappa shape index (κ1) is 13.4. The summed E-state index contributed by atoms with van der Waals surface area (Å²) in [5, 5.41) is 8.77. The summed E-state index contributed by atoms with van der Waals surface area (Å²) >= 11 is 0. The van der Waals surface area contributed by atoms with Crippen molar-refractivity contribution in [3.63, 3.8) is 0 Å². The summed E-state index contributed by atoms with van der Waals surface area (Å²) in [7, 11) is -0.244. The van der Waals surface area contributed by atoms with E-state index in [-0.39, 0.29) is 6.04 Å². The molecule has 1 heterocycles. The molecule has 0 aromatic rings. The third kappa shape index (κ3) is 2.71. The lowest BCUT2D eigenvalue weighted by Gasteiger charge is -2.36. The molecular formula is C9H18N4O2S. The van der Waals surface area contributed by atoms with Crippen molar-refractivity contribution in [1.29, 1.82) is 5.26 Å². The molecule has 1 aliphatic rings. The molecule has 0 amide bonds. The van der Waals surface area contributed by atoms with Gasteiger partial charge in [0.1, 0.15) is 0 Å². The van der Waals surface area contributed by atoms with Crippen molar-refractivity contribution in [2.75, 3.05) is 40.3 Å². The van der Waals surface area contributed by atoms with Crippen molar-refractivity contribution >= 4 is 10.2 Å². The van der Waals surface area contributed by atoms with Gasteiger partial charge in [0, 0.05) is 40.3 Å². The van der Waals surface area contributed by atoms with E-state index in [9.17, 15) is 8.42 Å². The smallest absolute Gasteiger partial charge is 0.281 e. The third-order valence-electron chi connectivity index (χ3n) is 2.80. The predicted molar refractivity (Wildman–Crippen MR) is 60.8 cm³/mol. The zero-order valence-electron chi connectivity index (χ0n) is 9.92. The molecule has 0 spiro atoms. The summed E-state index contributed by atoms with van der Waals surface area (Å²) in [5.74, 6) is 0. The minimum absolute atomic E-state index is 0.149. The monoisotopic (exact) mass is 246 g/mol. The van der Waals surface area contributed by atoms with Gasteiger partial charge in [-0.1, -0.05) is 0 Å². The van der Waals surface area contributed by atoms with Gasteiger partial charge in [-0.15, -0.1) is 0 Å². The molecule has 0 aromatic heterocycles. The first-order valence-corrected chi connectivity index (χ1v) is 6.60. The highest BCUT2D eigenvalue weighted by Crippen LogP contribution is 2.11. The predicted octanol–water partition coefficient (Wildman–Crippen LogP) is -0.678. The van der Waals surface area contributed by atoms with Crippen LogP contribution in [-0.2, 0) is 10.2 Å². The zero-order chi connectivity index (χ0) is 12.3. The molecule has 16 heavy (non-hydrogen) atoms. The van der Waals surface area contributed by atoms with E-state index >= 15 is 0 Å². The fourth-order valence-corrected chi connectivity index (χ4v) is 2.72. The minimum Gasteiger partial charge on any atom is -0.286 e. The molecule has 92 valence electrons. The van der Waals surface area contributed by atoms with Crippen LogP contribution in [0.4, 0.5) is 0 Å². The molecule has 1 aliphatic heterocycles. The van der Waals surface area contributed by atoms with Gasteiger partial charge in [0.05, 0.1) is 12.1 Å². The lowest BCUT2D eigenvalue weighted by molar-refractivity contribution is 0.166. The highest BCUT2D eigenvalue weighted by Gasteiger charge is 2.29. The highest BCUT2D eigenvalue weighted by atomic mass is 32.2. The molecule has 1 saturated heterocycles. The maximum atomic E-state index is 11.8. The van der Waals surface area contributed by atoms with Crippen molar-refractivity contribution in [2.24, 2.45) is 0 Å². The van der Waals surface area contributed by atoms with Crippen LogP contribution in [-0.4, -0.2) is 68.2 Å². The Kier molecular flexibility index (Phi) is 4.27. The average molecular weight is 246 g/mol. The van der Waals surface area contributed by atoms with E-state index in [1.165, 1.54) is 22.7 Å². The van der Waals surface area contributed by atoms with Crippen molar-refractivity contribution in [3.05, 3.63) is 0 Å². The molecule has 0 saturated carbocycles. The lowest BCUT2D eigenvalue weighted by atomic mass is 10.2. The van der Waals surface area contributed by atoms with Crippen LogP contribution in [0.25, 0.3) is 0 Å². The van der Waals surface area contributed by atoms with Gasteiger partial charge in [0.25, 0.3) is 10.2 Å². The van der Waals surface area contributed by atoms with Gasteiger partial charge in [0.2, 0.25) is 0 Å². The second kappa shape index (κ2) is 5.10. The molecule has 1 unspecified atom stereocenters. The van der Waals surface area contributed by atoms with Crippen molar-refractivity contribution < 1.29 is 8.42 Å². The zero-order valence-corrected chi connectivity index (χ0v) is 10.7. The molecule has 1 fully saturated rings. The van der Waals surface area contributed by atoms with Crippen molar-refractivity contribution in [3.8, 4) is 6.07 Å². The van der Waals surface area contributed by atoms with Gasteiger partial charge in [-0.05, 0) is 6.92 Å². The van der Waals surface area contributed by atoms with Crippen LogP contribution >= 0.6 is 0 Å². The summed E-state index contributed by atoms with van der Waals surface area (Å²) in [4.78, 5) is 1.99. The number of piperazine rings is 1. The van der Waals surface area contributed by atoms with Crippen LogP contribution in [0.5, 0.6) is 0 Å². The molecule has 0 radical (unpaired) electrons. The standard InChI is InChI=1S/C9H18N4O2S/c1-9(8-10)12-4-6-13(7-5-12)16(14,15)11(2)3/h9H,4-7H2,1-3H3. The van der Waals surface area contributed by atoms with Crippen molar-refractivity contribution in [1.82, 2.24) is 13.5 Å². The SMILES string of the molecule is CC(C#N)N1CCN(S(=O)(=O)N(C)C)CC1. The largest absolute Gasteiger partial charge is 0.286 e. The summed E-state index contributed by atoms with van der Waals surface area (Å²) in [6.07, 6.45) is 0. The second-order valence-electron chi connectivity index (χ2n) is 4.03. The third-order valence-corrected chi connectivity index (χ3v) is 4.74. The molecule has 0 N–H and O–H groups in total. The number of hydrogen-bond acceptors (Lipinski definition) is 4. The Hall–Kier alpha value is -0.680. The maximum Gasteiger partial charge on any atom is 0.281 e. The Morgan fingerprint density at radius 2 is 1.75 bits per heavy atom. The Morgan fingerprint density at radius 3 is 2.12 bits per heavy atom. The van der Waals surface area contributed by atoms with E-state index < -0.39 is 10.2 Å². The quantitative estimate of drug-likeness (QED) is 0.662. The Balaban J connectivity index is 2.60. The van der Waals surface area contributed by atoms with Crippen LogP contribution in [0.2, 0.25) is 0 Å². The van der Waals surface area contributed by atoms with Crippen LogP contribution < -0.4 is 0 Å². The van der Waals surface area contributed by atoms with Gasteiger partial charge in [-0.25, -0.2) is 0 Å². The summed E-state index contributed by atoms with van der Waals surface area (Å²) in [5.41, 5.74) is 0. The maximum absolute atomic E-state index is 11.8. The lowest BCUT2D eigenvalue weighted by Crippen LogP contribution is -2.53. The molecule has 0 bridgehead atoms. The van der Waals surface area contributed by atoms with Gasteiger partial charge in [-0.2, -0.15) is 22.3 Å². The normalized spacial score (nSPS) is 21.9. The summed E-state index contributed by atoms with van der Waals surface area (Å²) < 4.78 is 26.3. The minimum atomic E-state index is -3.30. The van der Waals surface area contributed by atoms with Gasteiger partial charge < -0.3 is 0 Å². The van der Waals surface area contributed by atoms with Crippen molar-refractivity contribution in [2.45, 2.75) is 13.0 Å². The van der Waals surface area contributed by atoms with Crippen LogP contribution in [0, 0.1) is 11.3 Å². The molecule has 0 aliphatic carbocycles. The van der Waals surface area contributed by atoms with Gasteiger partial charge >= 0.3 is 0 Å². The van der Waals surface area contributed by atoms with Gasteiger partial charge in [-0.3, -0.25) is 4.90 Å². The first-order valence-electron chi connectivity index (χ1n) is 5.21. The number of rotatable bonds is 3. The van der Waals surface area contributed by atoms with Crippen LogP contribution in [0.15, 0.2) is 0 Å². The number of nitrogens with zero attached hydrogens (tertiary/aromatic N) is 4. The fourth-order valence-electron chi connectivity index (χ4n) is 1.63. The highest BCUT2D eigenvalue weighted by molar-refractivity contribution is 7.86. The fraction of sp³-hybridized carbons (Fsp3) is 0.889. The topological polar surface area (TPSA) is 67.6 Å². The Bertz CT molecular complexity index is 365. The number of hydrogen-bond donors (Lipinski definition) is 0. The molecule has 1 rings (SSSR count). The van der Waals surface area contributed by atoms with Gasteiger partial charge in [0.15, 0.2) is 0 Å². The number of nitriles is 1. The molecule has 6 nitrogen and oxygen atoms in total. The van der Waals surface area contributed by atoms with E-state index in [1.54, 1.807) is 0 Å². The van der Waals surface area contributed by atoms with E-state index in [0.717, 1.165) is 0 Å². The molecule has 7 heteroatoms. The molecule has 0 aromatic carbocycles. The van der Waals surface area contributed by atoms with E-state index in [0.29, 0.717) is 26.2 Å². The summed E-state index contributed by atoms with van der Waals surface area (Å²) in [6, 6.07) is 2.01. The van der Waals surface area contributed by atoms with Crippen LogP contribution in [0.3, 0.4) is 0 Å². The second-order valence-corrected chi connectivity index (χ2v) is 6.17.